The fourth-order valence-electron chi connectivity index (χ4n) is 2.85. The molecule has 2 heterocycles. The van der Waals surface area contributed by atoms with Gasteiger partial charge < -0.3 is 9.15 Å². The molecule has 2 aromatic heterocycles. The molecule has 158 valence electrons. The van der Waals surface area contributed by atoms with Crippen molar-refractivity contribution in [2.24, 2.45) is 0 Å². The Hall–Kier alpha value is -3.65. The van der Waals surface area contributed by atoms with Crippen LogP contribution in [0.1, 0.15) is 27.4 Å². The number of anilines is 1. The highest BCUT2D eigenvalue weighted by Crippen LogP contribution is 2.22. The predicted molar refractivity (Wildman–Crippen MR) is 113 cm³/mol. The first-order valence-corrected chi connectivity index (χ1v) is 9.77. The van der Waals surface area contributed by atoms with E-state index < -0.39 is 5.91 Å². The monoisotopic (exact) mass is 440 g/mol. The summed E-state index contributed by atoms with van der Waals surface area (Å²) in [5, 5.41) is 7.41. The molecular formula is C22H18ClFN4O3. The summed E-state index contributed by atoms with van der Waals surface area (Å²) < 4.78 is 26.0. The molecule has 0 saturated heterocycles. The van der Waals surface area contributed by atoms with E-state index >= 15 is 0 Å². The van der Waals surface area contributed by atoms with Crippen LogP contribution in [0.4, 0.5) is 10.3 Å². The van der Waals surface area contributed by atoms with Crippen LogP contribution < -0.4 is 10.1 Å². The molecule has 0 atom stereocenters. The van der Waals surface area contributed by atoms with Gasteiger partial charge in [0, 0.05) is 5.02 Å². The number of carbonyl (C=O) groups excluding carboxylic acids is 1. The minimum absolute atomic E-state index is 0.104. The standard InChI is InChI=1S/C22H18ClFN4O3/c1-14-9-17(5-7-19(14)23)30-12-18-6-8-20(31-18)21(29)26-22-25-13-28(27-22)11-15-3-2-4-16(24)10-15/h2-10,13H,11-12H2,1H3,(H,26,27,29). The quantitative estimate of drug-likeness (QED) is 0.444. The predicted octanol–water partition coefficient (Wildman–Crippen LogP) is 4.85. The van der Waals surface area contributed by atoms with Crippen LogP contribution >= 0.6 is 11.6 Å². The summed E-state index contributed by atoms with van der Waals surface area (Å²) in [5.74, 6) is 0.548. The topological polar surface area (TPSA) is 82.2 Å². The van der Waals surface area contributed by atoms with E-state index in [2.05, 4.69) is 15.4 Å². The Bertz CT molecular complexity index is 1220. The summed E-state index contributed by atoms with van der Waals surface area (Å²) in [6.07, 6.45) is 1.45. The number of furan rings is 1. The normalized spacial score (nSPS) is 10.8. The van der Waals surface area contributed by atoms with Gasteiger partial charge in [0.15, 0.2) is 5.76 Å². The van der Waals surface area contributed by atoms with Crippen molar-refractivity contribution in [3.63, 3.8) is 0 Å². The van der Waals surface area contributed by atoms with Crippen LogP contribution in [0.25, 0.3) is 0 Å². The Kier molecular flexibility index (Phi) is 5.99. The highest BCUT2D eigenvalue weighted by molar-refractivity contribution is 6.31. The Morgan fingerprint density at radius 2 is 2.10 bits per heavy atom. The third-order valence-corrected chi connectivity index (χ3v) is 4.82. The number of aromatic nitrogens is 3. The van der Waals surface area contributed by atoms with Gasteiger partial charge in [0.05, 0.1) is 6.54 Å². The maximum atomic E-state index is 13.3. The molecule has 1 amide bonds. The van der Waals surface area contributed by atoms with Crippen molar-refractivity contribution in [3.8, 4) is 5.75 Å². The Labute approximate surface area is 182 Å². The lowest BCUT2D eigenvalue weighted by molar-refractivity contribution is 0.0991. The second-order valence-electron chi connectivity index (χ2n) is 6.82. The Morgan fingerprint density at radius 3 is 2.90 bits per heavy atom. The zero-order valence-corrected chi connectivity index (χ0v) is 17.3. The van der Waals surface area contributed by atoms with E-state index in [4.69, 9.17) is 20.8 Å². The Morgan fingerprint density at radius 1 is 1.23 bits per heavy atom. The molecular weight excluding hydrogens is 423 g/mol. The van der Waals surface area contributed by atoms with Gasteiger partial charge in [0.2, 0.25) is 5.95 Å². The third-order valence-electron chi connectivity index (χ3n) is 4.39. The van der Waals surface area contributed by atoms with Gasteiger partial charge in [-0.3, -0.25) is 10.1 Å². The minimum atomic E-state index is -0.489. The van der Waals surface area contributed by atoms with Gasteiger partial charge in [-0.05, 0) is 60.5 Å². The smallest absolute Gasteiger partial charge is 0.293 e. The first kappa shape index (κ1) is 20.6. The summed E-state index contributed by atoms with van der Waals surface area (Å²) >= 11 is 6.01. The van der Waals surface area contributed by atoms with Crippen LogP contribution in [0.2, 0.25) is 5.02 Å². The zero-order valence-electron chi connectivity index (χ0n) is 16.5. The number of amides is 1. The molecule has 4 aromatic rings. The molecule has 31 heavy (non-hydrogen) atoms. The number of halogens is 2. The zero-order chi connectivity index (χ0) is 21.8. The van der Waals surface area contributed by atoms with Gasteiger partial charge in [-0.15, -0.1) is 5.10 Å². The van der Waals surface area contributed by atoms with Gasteiger partial charge in [0.1, 0.15) is 30.3 Å². The highest BCUT2D eigenvalue weighted by Gasteiger charge is 2.14. The van der Waals surface area contributed by atoms with E-state index in [1.165, 1.54) is 23.1 Å². The molecule has 0 aliphatic carbocycles. The van der Waals surface area contributed by atoms with Crippen molar-refractivity contribution in [2.45, 2.75) is 20.1 Å². The van der Waals surface area contributed by atoms with Gasteiger partial charge in [-0.25, -0.2) is 14.1 Å². The van der Waals surface area contributed by atoms with Gasteiger partial charge >= 0.3 is 0 Å². The van der Waals surface area contributed by atoms with E-state index in [9.17, 15) is 9.18 Å². The highest BCUT2D eigenvalue weighted by atomic mass is 35.5. The number of rotatable bonds is 7. The summed E-state index contributed by atoms with van der Waals surface area (Å²) in [7, 11) is 0. The summed E-state index contributed by atoms with van der Waals surface area (Å²) in [4.78, 5) is 16.4. The lowest BCUT2D eigenvalue weighted by Gasteiger charge is -2.06. The molecule has 0 unspecified atom stereocenters. The fraction of sp³-hybridized carbons (Fsp3) is 0.136. The van der Waals surface area contributed by atoms with E-state index in [-0.39, 0.29) is 24.1 Å². The molecule has 0 spiro atoms. The molecule has 0 aliphatic rings. The second kappa shape index (κ2) is 9.01. The van der Waals surface area contributed by atoms with Crippen molar-refractivity contribution >= 4 is 23.5 Å². The van der Waals surface area contributed by atoms with Crippen molar-refractivity contribution in [1.29, 1.82) is 0 Å². The number of hydrogen-bond donors (Lipinski definition) is 1. The van der Waals surface area contributed by atoms with Crippen molar-refractivity contribution in [1.82, 2.24) is 14.8 Å². The van der Waals surface area contributed by atoms with E-state index in [1.807, 2.05) is 13.0 Å². The first-order chi connectivity index (χ1) is 15.0. The van der Waals surface area contributed by atoms with Crippen LogP contribution in [0.3, 0.4) is 0 Å². The van der Waals surface area contributed by atoms with Crippen LogP contribution in [0.5, 0.6) is 5.75 Å². The Balaban J connectivity index is 1.33. The van der Waals surface area contributed by atoms with Crippen LogP contribution in [0, 0.1) is 12.7 Å². The van der Waals surface area contributed by atoms with E-state index in [1.54, 1.807) is 36.4 Å². The molecule has 4 rings (SSSR count). The molecule has 2 aromatic carbocycles. The molecule has 0 bridgehead atoms. The number of carbonyl (C=O) groups is 1. The first-order valence-electron chi connectivity index (χ1n) is 9.39. The summed E-state index contributed by atoms with van der Waals surface area (Å²) in [5.41, 5.74) is 1.64. The average Bonchev–Trinajstić information content (AvgIpc) is 3.38. The minimum Gasteiger partial charge on any atom is -0.486 e. The molecule has 9 heteroatoms. The maximum Gasteiger partial charge on any atom is 0.293 e. The molecule has 0 fully saturated rings. The van der Waals surface area contributed by atoms with Crippen molar-refractivity contribution < 1.29 is 18.3 Å². The second-order valence-corrected chi connectivity index (χ2v) is 7.22. The molecule has 1 N–H and O–H groups in total. The molecule has 0 aliphatic heterocycles. The number of ether oxygens (including phenoxy) is 1. The lowest BCUT2D eigenvalue weighted by atomic mass is 10.2. The number of nitrogens with one attached hydrogen (secondary N) is 1. The van der Waals surface area contributed by atoms with Crippen molar-refractivity contribution in [2.75, 3.05) is 5.32 Å². The fourth-order valence-corrected chi connectivity index (χ4v) is 2.97. The lowest BCUT2D eigenvalue weighted by Crippen LogP contribution is -2.12. The molecule has 0 radical (unpaired) electrons. The largest absolute Gasteiger partial charge is 0.486 e. The molecule has 7 nitrogen and oxygen atoms in total. The summed E-state index contributed by atoms with van der Waals surface area (Å²) in [6, 6.07) is 14.7. The van der Waals surface area contributed by atoms with Gasteiger partial charge in [0.25, 0.3) is 5.91 Å². The van der Waals surface area contributed by atoms with Crippen molar-refractivity contribution in [3.05, 3.63) is 94.4 Å². The van der Waals surface area contributed by atoms with Crippen LogP contribution in [-0.4, -0.2) is 20.7 Å². The number of benzene rings is 2. The average molecular weight is 441 g/mol. The summed E-state index contributed by atoms with van der Waals surface area (Å²) in [6.45, 7) is 2.37. The number of aryl methyl sites for hydroxylation is 1. The van der Waals surface area contributed by atoms with Crippen LogP contribution in [-0.2, 0) is 13.2 Å². The number of nitrogens with zero attached hydrogens (tertiary/aromatic N) is 3. The van der Waals surface area contributed by atoms with Gasteiger partial charge in [-0.2, -0.15) is 0 Å². The third kappa shape index (κ3) is 5.29. The maximum absolute atomic E-state index is 13.3. The number of hydrogen-bond acceptors (Lipinski definition) is 5. The van der Waals surface area contributed by atoms with E-state index in [0.29, 0.717) is 23.1 Å². The van der Waals surface area contributed by atoms with E-state index in [0.717, 1.165) is 11.1 Å². The van der Waals surface area contributed by atoms with Gasteiger partial charge in [-0.1, -0.05) is 23.7 Å². The van der Waals surface area contributed by atoms with Crippen LogP contribution in [0.15, 0.2) is 65.3 Å². The SMILES string of the molecule is Cc1cc(OCc2ccc(C(=O)Nc3ncn(Cc4cccc(F)c4)n3)o2)ccc1Cl. The molecule has 0 saturated carbocycles.